The van der Waals surface area contributed by atoms with Crippen molar-refractivity contribution in [1.82, 2.24) is 10.6 Å². The summed E-state index contributed by atoms with van der Waals surface area (Å²) >= 11 is 1.80. The smallest absolute Gasteiger partial charge is 0.227 e. The molecule has 0 atom stereocenters. The molecule has 24 heavy (non-hydrogen) atoms. The Morgan fingerprint density at radius 2 is 2.04 bits per heavy atom. The highest BCUT2D eigenvalue weighted by Crippen LogP contribution is 2.27. The Morgan fingerprint density at radius 3 is 2.79 bits per heavy atom. The Hall–Kier alpha value is -0.960. The lowest BCUT2D eigenvalue weighted by Crippen LogP contribution is -2.39. The molecule has 0 radical (unpaired) electrons. The summed E-state index contributed by atoms with van der Waals surface area (Å²) < 4.78 is 0. The number of nitrogens with one attached hydrogen (secondary N) is 2. The number of rotatable bonds is 7. The molecule has 1 aliphatic rings. The zero-order valence-electron chi connectivity index (χ0n) is 14.4. The van der Waals surface area contributed by atoms with Gasteiger partial charge in [0.05, 0.1) is 0 Å². The van der Waals surface area contributed by atoms with Crippen LogP contribution in [0.1, 0.15) is 18.4 Å². The van der Waals surface area contributed by atoms with Crippen molar-refractivity contribution >= 4 is 53.3 Å². The fourth-order valence-electron chi connectivity index (χ4n) is 2.67. The van der Waals surface area contributed by atoms with E-state index in [0.717, 1.165) is 49.9 Å². The Morgan fingerprint density at radius 1 is 1.29 bits per heavy atom. The topological polar surface area (TPSA) is 56.7 Å². The van der Waals surface area contributed by atoms with Crippen molar-refractivity contribution in [1.29, 1.82) is 0 Å². The van der Waals surface area contributed by atoms with Crippen LogP contribution in [-0.4, -0.2) is 50.6 Å². The predicted octanol–water partition coefficient (Wildman–Crippen LogP) is 2.50. The van der Waals surface area contributed by atoms with Crippen LogP contribution in [0.25, 0.3) is 0 Å². The lowest BCUT2D eigenvalue weighted by atomic mass is 10.2. The van der Waals surface area contributed by atoms with Gasteiger partial charge in [-0.3, -0.25) is 9.79 Å². The van der Waals surface area contributed by atoms with Crippen molar-refractivity contribution in [2.75, 3.05) is 43.6 Å². The fraction of sp³-hybridized carbons (Fsp3) is 0.529. The number of para-hydroxylation sites is 1. The molecule has 1 aromatic carbocycles. The normalized spacial score (nSPS) is 13.2. The fourth-order valence-corrected chi connectivity index (χ4v) is 2.98. The van der Waals surface area contributed by atoms with Crippen LogP contribution < -0.4 is 15.5 Å². The van der Waals surface area contributed by atoms with Gasteiger partial charge in [0.1, 0.15) is 0 Å². The maximum atomic E-state index is 12.4. The van der Waals surface area contributed by atoms with Crippen LogP contribution in [-0.2, 0) is 11.2 Å². The molecule has 2 N–H and O–H groups in total. The van der Waals surface area contributed by atoms with Gasteiger partial charge in [-0.05, 0) is 30.7 Å². The largest absolute Gasteiger partial charge is 0.356 e. The summed E-state index contributed by atoms with van der Waals surface area (Å²) in [4.78, 5) is 18.5. The lowest BCUT2D eigenvalue weighted by Gasteiger charge is -2.17. The first-order valence-corrected chi connectivity index (χ1v) is 9.47. The number of anilines is 1. The van der Waals surface area contributed by atoms with Crippen LogP contribution in [0.15, 0.2) is 29.3 Å². The number of carbonyl (C=O) groups is 1. The van der Waals surface area contributed by atoms with Crippen molar-refractivity contribution in [2.45, 2.75) is 19.3 Å². The molecule has 0 aliphatic carbocycles. The van der Waals surface area contributed by atoms with Gasteiger partial charge in [0.25, 0.3) is 0 Å². The number of amides is 1. The summed E-state index contributed by atoms with van der Waals surface area (Å²) in [5, 5.41) is 6.50. The SMILES string of the molecule is CN=C(NCCCC(=O)N1CCc2ccccc21)NCCSC.I. The molecule has 0 bridgehead atoms. The molecule has 7 heteroatoms. The Balaban J connectivity index is 0.00000288. The third kappa shape index (κ3) is 6.16. The summed E-state index contributed by atoms with van der Waals surface area (Å²) in [5.74, 6) is 2.06. The van der Waals surface area contributed by atoms with E-state index in [2.05, 4.69) is 27.9 Å². The zero-order chi connectivity index (χ0) is 16.5. The molecule has 0 fully saturated rings. The summed E-state index contributed by atoms with van der Waals surface area (Å²) in [6.07, 6.45) is 4.41. The summed E-state index contributed by atoms with van der Waals surface area (Å²) in [6.45, 7) is 2.45. The second-order valence-electron chi connectivity index (χ2n) is 5.45. The first-order valence-electron chi connectivity index (χ1n) is 8.08. The van der Waals surface area contributed by atoms with Gasteiger partial charge in [0.2, 0.25) is 5.91 Å². The minimum absolute atomic E-state index is 0. The monoisotopic (exact) mass is 462 g/mol. The average molecular weight is 462 g/mol. The number of hydrogen-bond acceptors (Lipinski definition) is 3. The van der Waals surface area contributed by atoms with E-state index in [1.807, 2.05) is 23.1 Å². The third-order valence-corrected chi connectivity index (χ3v) is 4.48. The summed E-state index contributed by atoms with van der Waals surface area (Å²) in [6, 6.07) is 8.17. The van der Waals surface area contributed by atoms with E-state index in [1.54, 1.807) is 18.8 Å². The molecule has 0 unspecified atom stereocenters. The maximum Gasteiger partial charge on any atom is 0.227 e. The second kappa shape index (κ2) is 11.6. The van der Waals surface area contributed by atoms with Gasteiger partial charge in [0, 0.05) is 44.5 Å². The number of guanidine groups is 1. The van der Waals surface area contributed by atoms with Crippen molar-refractivity contribution in [3.05, 3.63) is 29.8 Å². The maximum absolute atomic E-state index is 12.4. The first kappa shape index (κ1) is 21.1. The first-order chi connectivity index (χ1) is 11.3. The summed E-state index contributed by atoms with van der Waals surface area (Å²) in [5.41, 5.74) is 2.36. The van der Waals surface area contributed by atoms with Crippen LogP contribution in [0.4, 0.5) is 5.69 Å². The van der Waals surface area contributed by atoms with Crippen molar-refractivity contribution in [3.8, 4) is 0 Å². The number of carbonyl (C=O) groups excluding carboxylic acids is 1. The molecule has 0 saturated carbocycles. The molecule has 0 aromatic heterocycles. The van der Waals surface area contributed by atoms with Gasteiger partial charge in [-0.15, -0.1) is 24.0 Å². The second-order valence-corrected chi connectivity index (χ2v) is 6.43. The lowest BCUT2D eigenvalue weighted by molar-refractivity contribution is -0.118. The number of fused-ring (bicyclic) bond motifs is 1. The highest BCUT2D eigenvalue weighted by Gasteiger charge is 2.23. The van der Waals surface area contributed by atoms with Gasteiger partial charge in [-0.25, -0.2) is 0 Å². The number of thioether (sulfide) groups is 1. The van der Waals surface area contributed by atoms with Crippen LogP contribution in [0.5, 0.6) is 0 Å². The predicted molar refractivity (Wildman–Crippen MR) is 115 cm³/mol. The van der Waals surface area contributed by atoms with E-state index >= 15 is 0 Å². The van der Waals surface area contributed by atoms with Gasteiger partial charge in [-0.1, -0.05) is 18.2 Å². The number of aliphatic imine (C=N–C) groups is 1. The molecule has 0 spiro atoms. The molecule has 1 aromatic rings. The quantitative estimate of drug-likeness (QED) is 0.283. The number of benzene rings is 1. The minimum atomic E-state index is 0. The van der Waals surface area contributed by atoms with E-state index in [1.165, 1.54) is 5.56 Å². The van der Waals surface area contributed by atoms with Crippen molar-refractivity contribution in [2.24, 2.45) is 4.99 Å². The molecule has 134 valence electrons. The van der Waals surface area contributed by atoms with E-state index < -0.39 is 0 Å². The number of hydrogen-bond donors (Lipinski definition) is 2. The third-order valence-electron chi connectivity index (χ3n) is 3.87. The molecular weight excluding hydrogens is 435 g/mol. The van der Waals surface area contributed by atoms with Gasteiger partial charge in [0.15, 0.2) is 5.96 Å². The Labute approximate surface area is 166 Å². The zero-order valence-corrected chi connectivity index (χ0v) is 17.5. The molecule has 1 amide bonds. The number of halogens is 1. The van der Waals surface area contributed by atoms with Crippen molar-refractivity contribution < 1.29 is 4.79 Å². The van der Waals surface area contributed by atoms with E-state index in [0.29, 0.717) is 6.42 Å². The van der Waals surface area contributed by atoms with E-state index in [-0.39, 0.29) is 29.9 Å². The highest BCUT2D eigenvalue weighted by molar-refractivity contribution is 14.0. The van der Waals surface area contributed by atoms with Crippen LogP contribution in [0.3, 0.4) is 0 Å². The van der Waals surface area contributed by atoms with E-state index in [9.17, 15) is 4.79 Å². The Bertz CT molecular complexity index is 553. The molecule has 1 aliphatic heterocycles. The van der Waals surface area contributed by atoms with Gasteiger partial charge >= 0.3 is 0 Å². The molecule has 2 rings (SSSR count). The minimum Gasteiger partial charge on any atom is -0.356 e. The van der Waals surface area contributed by atoms with Gasteiger partial charge < -0.3 is 15.5 Å². The highest BCUT2D eigenvalue weighted by atomic mass is 127. The molecule has 1 heterocycles. The Kier molecular flexibility index (Phi) is 10.2. The van der Waals surface area contributed by atoms with Crippen LogP contribution in [0, 0.1) is 0 Å². The number of nitrogens with zero attached hydrogens (tertiary/aromatic N) is 2. The van der Waals surface area contributed by atoms with Crippen molar-refractivity contribution in [3.63, 3.8) is 0 Å². The van der Waals surface area contributed by atoms with Gasteiger partial charge in [-0.2, -0.15) is 11.8 Å². The van der Waals surface area contributed by atoms with E-state index in [4.69, 9.17) is 0 Å². The molecule has 0 saturated heterocycles. The molecule has 5 nitrogen and oxygen atoms in total. The standard InChI is InChI=1S/C17H26N4OS.HI/c1-18-17(20-11-13-23-2)19-10-5-8-16(22)21-12-9-14-6-3-4-7-15(14)21;/h3-4,6-7H,5,8-13H2,1-2H3,(H2,18,19,20);1H. The molecular formula is C17H27IN4OS. The summed E-state index contributed by atoms with van der Waals surface area (Å²) in [7, 11) is 1.76. The van der Waals surface area contributed by atoms with Crippen LogP contribution >= 0.6 is 35.7 Å². The average Bonchev–Trinajstić information content (AvgIpc) is 3.01. The van der Waals surface area contributed by atoms with Crippen LogP contribution in [0.2, 0.25) is 0 Å².